The van der Waals surface area contributed by atoms with Gasteiger partial charge in [0, 0.05) is 37.0 Å². The molecule has 0 spiro atoms. The molecule has 1 aliphatic rings. The van der Waals surface area contributed by atoms with E-state index in [1.54, 1.807) is 11.1 Å². The van der Waals surface area contributed by atoms with Crippen molar-refractivity contribution in [2.75, 3.05) is 18.1 Å². The van der Waals surface area contributed by atoms with Crippen molar-refractivity contribution in [2.24, 2.45) is 5.92 Å². The molecule has 2 heterocycles. The summed E-state index contributed by atoms with van der Waals surface area (Å²) in [5, 5.41) is 2.93. The second-order valence-corrected chi connectivity index (χ2v) is 6.96. The Balaban J connectivity index is 1.59. The number of nitrogens with one attached hydrogen (secondary N) is 1. The zero-order valence-electron chi connectivity index (χ0n) is 16.5. The molecule has 28 heavy (non-hydrogen) atoms. The van der Waals surface area contributed by atoms with Crippen LogP contribution in [0.1, 0.15) is 37.8 Å². The Labute approximate surface area is 165 Å². The molecule has 1 saturated heterocycles. The van der Waals surface area contributed by atoms with Crippen LogP contribution in [0.3, 0.4) is 0 Å². The highest BCUT2D eigenvalue weighted by Gasteiger charge is 2.35. The van der Waals surface area contributed by atoms with E-state index in [0.29, 0.717) is 25.6 Å². The summed E-state index contributed by atoms with van der Waals surface area (Å²) in [6.45, 7) is 5.45. The second kappa shape index (κ2) is 9.35. The summed E-state index contributed by atoms with van der Waals surface area (Å²) in [7, 11) is 0. The number of hydrogen-bond acceptors (Lipinski definition) is 4. The van der Waals surface area contributed by atoms with Crippen LogP contribution in [-0.2, 0) is 22.6 Å². The SMILES string of the molecule is CCCOc1ncccc1CNC(=O)C1CC(=O)N(c2ccc(CC)cc2)C1. The predicted octanol–water partition coefficient (Wildman–Crippen LogP) is 3.10. The van der Waals surface area contributed by atoms with Gasteiger partial charge in [-0.25, -0.2) is 4.98 Å². The van der Waals surface area contributed by atoms with E-state index in [1.807, 2.05) is 43.3 Å². The van der Waals surface area contributed by atoms with Gasteiger partial charge in [0.05, 0.1) is 12.5 Å². The van der Waals surface area contributed by atoms with Crippen molar-refractivity contribution in [3.05, 3.63) is 53.7 Å². The fourth-order valence-electron chi connectivity index (χ4n) is 3.26. The van der Waals surface area contributed by atoms with Gasteiger partial charge in [-0.1, -0.05) is 32.0 Å². The van der Waals surface area contributed by atoms with Gasteiger partial charge in [0.2, 0.25) is 17.7 Å². The summed E-state index contributed by atoms with van der Waals surface area (Å²) in [5.74, 6) is 0.0592. The van der Waals surface area contributed by atoms with Gasteiger partial charge in [-0.3, -0.25) is 9.59 Å². The molecule has 6 heteroatoms. The number of aryl methyl sites for hydroxylation is 1. The van der Waals surface area contributed by atoms with Crippen molar-refractivity contribution in [1.82, 2.24) is 10.3 Å². The summed E-state index contributed by atoms with van der Waals surface area (Å²) >= 11 is 0. The van der Waals surface area contributed by atoms with Crippen LogP contribution in [0, 0.1) is 5.92 Å². The number of carbonyl (C=O) groups is 2. The average molecular weight is 381 g/mol. The number of aromatic nitrogens is 1. The molecule has 1 aromatic heterocycles. The third-order valence-electron chi connectivity index (χ3n) is 4.90. The number of hydrogen-bond donors (Lipinski definition) is 1. The first-order valence-corrected chi connectivity index (χ1v) is 9.86. The molecule has 0 radical (unpaired) electrons. The normalized spacial score (nSPS) is 16.3. The van der Waals surface area contributed by atoms with Crippen molar-refractivity contribution in [3.8, 4) is 5.88 Å². The summed E-state index contributed by atoms with van der Waals surface area (Å²) in [4.78, 5) is 31.0. The van der Waals surface area contributed by atoms with Crippen LogP contribution < -0.4 is 15.0 Å². The Morgan fingerprint density at radius 2 is 2.04 bits per heavy atom. The molecule has 3 rings (SSSR count). The van der Waals surface area contributed by atoms with Gasteiger partial charge in [-0.2, -0.15) is 0 Å². The Hall–Kier alpha value is -2.89. The number of ether oxygens (including phenoxy) is 1. The maximum atomic E-state index is 12.6. The van der Waals surface area contributed by atoms with Crippen LogP contribution in [0.2, 0.25) is 0 Å². The standard InChI is InChI=1S/C22H27N3O3/c1-3-12-28-22-17(6-5-11-23-22)14-24-21(27)18-13-20(26)25(15-18)19-9-7-16(4-2)8-10-19/h5-11,18H,3-4,12-15H2,1-2H3,(H,24,27). The Bertz CT molecular complexity index is 820. The number of amides is 2. The zero-order chi connectivity index (χ0) is 19.9. The predicted molar refractivity (Wildman–Crippen MR) is 108 cm³/mol. The van der Waals surface area contributed by atoms with E-state index >= 15 is 0 Å². The lowest BCUT2D eigenvalue weighted by Gasteiger charge is -2.17. The number of rotatable bonds is 8. The topological polar surface area (TPSA) is 71.5 Å². The van der Waals surface area contributed by atoms with Crippen LogP contribution in [0.5, 0.6) is 5.88 Å². The molecule has 1 aromatic carbocycles. The van der Waals surface area contributed by atoms with E-state index in [0.717, 1.165) is 24.1 Å². The third-order valence-corrected chi connectivity index (χ3v) is 4.90. The minimum absolute atomic E-state index is 0.0160. The number of benzene rings is 1. The monoisotopic (exact) mass is 381 g/mol. The summed E-state index contributed by atoms with van der Waals surface area (Å²) in [5.41, 5.74) is 2.91. The largest absolute Gasteiger partial charge is 0.477 e. The molecule has 1 N–H and O–H groups in total. The summed E-state index contributed by atoms with van der Waals surface area (Å²) in [6, 6.07) is 11.7. The smallest absolute Gasteiger partial charge is 0.227 e. The number of anilines is 1. The minimum Gasteiger partial charge on any atom is -0.477 e. The van der Waals surface area contributed by atoms with E-state index in [-0.39, 0.29) is 24.2 Å². The van der Waals surface area contributed by atoms with Gasteiger partial charge in [0.15, 0.2) is 0 Å². The molecule has 1 unspecified atom stereocenters. The molecule has 148 valence electrons. The summed E-state index contributed by atoms with van der Waals surface area (Å²) in [6.07, 6.45) is 3.75. The van der Waals surface area contributed by atoms with Crippen LogP contribution in [-0.4, -0.2) is 29.9 Å². The van der Waals surface area contributed by atoms with Crippen LogP contribution in [0.4, 0.5) is 5.69 Å². The molecule has 1 aliphatic heterocycles. The lowest BCUT2D eigenvalue weighted by molar-refractivity contribution is -0.126. The van der Waals surface area contributed by atoms with Gasteiger partial charge in [0.1, 0.15) is 0 Å². The molecule has 0 bridgehead atoms. The Kier molecular flexibility index (Phi) is 6.63. The number of carbonyl (C=O) groups excluding carboxylic acids is 2. The first-order valence-electron chi connectivity index (χ1n) is 9.86. The van der Waals surface area contributed by atoms with Gasteiger partial charge < -0.3 is 15.0 Å². The van der Waals surface area contributed by atoms with E-state index in [4.69, 9.17) is 4.74 Å². The van der Waals surface area contributed by atoms with E-state index in [1.165, 1.54) is 5.56 Å². The maximum absolute atomic E-state index is 12.6. The quantitative estimate of drug-likeness (QED) is 0.763. The van der Waals surface area contributed by atoms with Crippen LogP contribution in [0.25, 0.3) is 0 Å². The van der Waals surface area contributed by atoms with Gasteiger partial charge in [-0.05, 0) is 36.6 Å². The first kappa shape index (κ1) is 19.9. The van der Waals surface area contributed by atoms with Crippen molar-refractivity contribution < 1.29 is 14.3 Å². The minimum atomic E-state index is -0.352. The van der Waals surface area contributed by atoms with Gasteiger partial charge in [0.25, 0.3) is 0 Å². The molecule has 6 nitrogen and oxygen atoms in total. The van der Waals surface area contributed by atoms with Crippen molar-refractivity contribution in [2.45, 2.75) is 39.7 Å². The molecule has 2 amide bonds. The first-order chi connectivity index (χ1) is 13.6. The summed E-state index contributed by atoms with van der Waals surface area (Å²) < 4.78 is 5.63. The van der Waals surface area contributed by atoms with Gasteiger partial charge >= 0.3 is 0 Å². The molecule has 1 atom stereocenters. The molecule has 2 aromatic rings. The fourth-order valence-corrected chi connectivity index (χ4v) is 3.26. The second-order valence-electron chi connectivity index (χ2n) is 6.96. The van der Waals surface area contributed by atoms with E-state index in [2.05, 4.69) is 17.2 Å². The van der Waals surface area contributed by atoms with Crippen molar-refractivity contribution >= 4 is 17.5 Å². The maximum Gasteiger partial charge on any atom is 0.227 e. The number of pyridine rings is 1. The lowest BCUT2D eigenvalue weighted by Crippen LogP contribution is -2.32. The van der Waals surface area contributed by atoms with E-state index in [9.17, 15) is 9.59 Å². The molecule has 1 fully saturated rings. The molecule has 0 aliphatic carbocycles. The van der Waals surface area contributed by atoms with E-state index < -0.39 is 0 Å². The highest BCUT2D eigenvalue weighted by molar-refractivity contribution is 6.00. The van der Waals surface area contributed by atoms with Crippen molar-refractivity contribution in [3.63, 3.8) is 0 Å². The molecular weight excluding hydrogens is 354 g/mol. The fraction of sp³-hybridized carbons (Fsp3) is 0.409. The lowest BCUT2D eigenvalue weighted by atomic mass is 10.1. The molecule has 0 saturated carbocycles. The zero-order valence-corrected chi connectivity index (χ0v) is 16.5. The Morgan fingerprint density at radius 1 is 1.25 bits per heavy atom. The van der Waals surface area contributed by atoms with Crippen LogP contribution in [0.15, 0.2) is 42.6 Å². The van der Waals surface area contributed by atoms with Gasteiger partial charge in [-0.15, -0.1) is 0 Å². The van der Waals surface area contributed by atoms with Crippen molar-refractivity contribution in [1.29, 1.82) is 0 Å². The van der Waals surface area contributed by atoms with Crippen LogP contribution >= 0.6 is 0 Å². The highest BCUT2D eigenvalue weighted by atomic mass is 16.5. The Morgan fingerprint density at radius 3 is 2.75 bits per heavy atom. The average Bonchev–Trinajstić information content (AvgIpc) is 3.12. The number of nitrogens with zero attached hydrogens (tertiary/aromatic N) is 2. The molecular formula is C22H27N3O3. The third kappa shape index (κ3) is 4.68. The highest BCUT2D eigenvalue weighted by Crippen LogP contribution is 2.26.